The van der Waals surface area contributed by atoms with Crippen LogP contribution in [0.2, 0.25) is 0 Å². The molecule has 8 heteroatoms. The number of esters is 1. The molecule has 0 unspecified atom stereocenters. The number of methoxy groups -OCH3 is 1. The third-order valence-electron chi connectivity index (χ3n) is 4.23. The number of anilines is 2. The minimum absolute atomic E-state index is 0.0793. The molecular weight excluding hydrogens is 350 g/mol. The van der Waals surface area contributed by atoms with Gasteiger partial charge in [0.1, 0.15) is 5.70 Å². The fraction of sp³-hybridized carbons (Fsp3) is 0.421. The maximum absolute atomic E-state index is 12.5. The van der Waals surface area contributed by atoms with Crippen molar-refractivity contribution in [3.8, 4) is 0 Å². The van der Waals surface area contributed by atoms with Crippen molar-refractivity contribution >= 4 is 29.2 Å². The van der Waals surface area contributed by atoms with E-state index in [4.69, 9.17) is 9.84 Å². The van der Waals surface area contributed by atoms with Gasteiger partial charge in [-0.2, -0.15) is 0 Å². The van der Waals surface area contributed by atoms with Gasteiger partial charge in [-0.3, -0.25) is 9.59 Å². The topological polar surface area (TPSA) is 108 Å². The Morgan fingerprint density at radius 2 is 2.04 bits per heavy atom. The maximum Gasteiger partial charge on any atom is 0.337 e. The number of nitrogens with zero attached hydrogens (tertiary/aromatic N) is 1. The van der Waals surface area contributed by atoms with Gasteiger partial charge in [0, 0.05) is 23.8 Å². The molecule has 0 saturated carbocycles. The largest absolute Gasteiger partial charge is 0.466 e. The first-order valence-electron chi connectivity index (χ1n) is 8.68. The van der Waals surface area contributed by atoms with Gasteiger partial charge in [-0.1, -0.05) is 13.8 Å². The highest BCUT2D eigenvalue weighted by molar-refractivity contribution is 6.08. The molecule has 1 aromatic rings. The lowest BCUT2D eigenvalue weighted by atomic mass is 10.1. The van der Waals surface area contributed by atoms with Crippen molar-refractivity contribution in [1.82, 2.24) is 4.90 Å². The normalized spacial score (nSPS) is 14.0. The van der Waals surface area contributed by atoms with E-state index in [1.165, 1.54) is 12.0 Å². The molecule has 0 radical (unpaired) electrons. The second kappa shape index (κ2) is 8.68. The Morgan fingerprint density at radius 1 is 1.33 bits per heavy atom. The number of carbonyl (C=O) groups excluding carboxylic acids is 3. The van der Waals surface area contributed by atoms with Crippen LogP contribution in [0.5, 0.6) is 0 Å². The van der Waals surface area contributed by atoms with Crippen molar-refractivity contribution in [1.29, 1.82) is 0 Å². The van der Waals surface area contributed by atoms with Crippen molar-refractivity contribution in [2.24, 2.45) is 5.92 Å². The lowest BCUT2D eigenvalue weighted by molar-refractivity contribution is -0.136. The molecule has 0 spiro atoms. The van der Waals surface area contributed by atoms with E-state index < -0.39 is 5.97 Å². The molecule has 1 aromatic carbocycles. The lowest BCUT2D eigenvalue weighted by Crippen LogP contribution is -2.31. The van der Waals surface area contributed by atoms with E-state index in [1.54, 1.807) is 18.2 Å². The van der Waals surface area contributed by atoms with E-state index in [-0.39, 0.29) is 48.7 Å². The Bertz CT molecular complexity index is 786. The Balaban J connectivity index is 2.25. The van der Waals surface area contributed by atoms with Gasteiger partial charge in [0.05, 0.1) is 25.8 Å². The standard InChI is InChI=1S/C19H25N3O5/c1-11(2)17(24)21-15-6-5-13(9-12(15)3)20-16-14(19(26)27-4)10-22(7-8-23)18(16)25/h5-6,9,11,20,23H,7-8,10H2,1-4H3,(H,21,24). The van der Waals surface area contributed by atoms with E-state index in [0.29, 0.717) is 11.4 Å². The average molecular weight is 375 g/mol. The van der Waals surface area contributed by atoms with Gasteiger partial charge in [-0.15, -0.1) is 0 Å². The molecule has 0 aliphatic carbocycles. The van der Waals surface area contributed by atoms with E-state index in [0.717, 1.165) is 5.56 Å². The molecule has 1 aliphatic rings. The van der Waals surface area contributed by atoms with Gasteiger partial charge in [-0.05, 0) is 30.7 Å². The molecule has 0 aromatic heterocycles. The quantitative estimate of drug-likeness (QED) is 0.620. The zero-order chi connectivity index (χ0) is 20.1. The fourth-order valence-electron chi connectivity index (χ4n) is 2.65. The summed E-state index contributed by atoms with van der Waals surface area (Å²) in [4.78, 5) is 37.8. The Labute approximate surface area is 158 Å². The van der Waals surface area contributed by atoms with Gasteiger partial charge >= 0.3 is 5.97 Å². The molecule has 0 atom stereocenters. The summed E-state index contributed by atoms with van der Waals surface area (Å²) in [7, 11) is 1.25. The van der Waals surface area contributed by atoms with Crippen LogP contribution in [0.25, 0.3) is 0 Å². The highest BCUT2D eigenvalue weighted by atomic mass is 16.5. The molecule has 1 aliphatic heterocycles. The number of benzene rings is 1. The molecule has 2 rings (SSSR count). The molecule has 27 heavy (non-hydrogen) atoms. The summed E-state index contributed by atoms with van der Waals surface area (Å²) in [5, 5.41) is 14.9. The number of aryl methyl sites for hydroxylation is 1. The van der Waals surface area contributed by atoms with E-state index in [1.807, 2.05) is 20.8 Å². The maximum atomic E-state index is 12.5. The van der Waals surface area contributed by atoms with Crippen LogP contribution in [0.3, 0.4) is 0 Å². The first-order chi connectivity index (χ1) is 12.8. The molecule has 0 bridgehead atoms. The number of carbonyl (C=O) groups is 3. The molecule has 0 fully saturated rings. The van der Waals surface area contributed by atoms with Crippen LogP contribution in [0.4, 0.5) is 11.4 Å². The Hall–Kier alpha value is -2.87. The van der Waals surface area contributed by atoms with Crippen LogP contribution in [0, 0.1) is 12.8 Å². The summed E-state index contributed by atoms with van der Waals surface area (Å²) >= 11 is 0. The summed E-state index contributed by atoms with van der Waals surface area (Å²) in [5.74, 6) is -1.19. The number of rotatable bonds is 7. The molecule has 8 nitrogen and oxygen atoms in total. The van der Waals surface area contributed by atoms with Crippen molar-refractivity contribution in [2.75, 3.05) is 37.4 Å². The Kier molecular flexibility index (Phi) is 6.57. The summed E-state index contributed by atoms with van der Waals surface area (Å²) in [6, 6.07) is 5.23. The number of hydrogen-bond donors (Lipinski definition) is 3. The number of ether oxygens (including phenoxy) is 1. The van der Waals surface area contributed by atoms with Crippen LogP contribution in [0.1, 0.15) is 19.4 Å². The first-order valence-corrected chi connectivity index (χ1v) is 8.68. The molecule has 0 saturated heterocycles. The monoisotopic (exact) mass is 375 g/mol. The van der Waals surface area contributed by atoms with Crippen LogP contribution >= 0.6 is 0 Å². The summed E-state index contributed by atoms with van der Waals surface area (Å²) in [6.07, 6.45) is 0. The number of amides is 2. The van der Waals surface area contributed by atoms with Crippen molar-refractivity contribution < 1.29 is 24.2 Å². The van der Waals surface area contributed by atoms with Gasteiger partial charge in [0.2, 0.25) is 5.91 Å². The van der Waals surface area contributed by atoms with Crippen molar-refractivity contribution in [3.63, 3.8) is 0 Å². The van der Waals surface area contributed by atoms with Gasteiger partial charge in [0.15, 0.2) is 0 Å². The molecule has 1 heterocycles. The van der Waals surface area contributed by atoms with Crippen LogP contribution in [-0.2, 0) is 19.1 Å². The van der Waals surface area contributed by atoms with Crippen LogP contribution in [0.15, 0.2) is 29.5 Å². The van der Waals surface area contributed by atoms with Gasteiger partial charge in [-0.25, -0.2) is 4.79 Å². The number of hydrogen-bond acceptors (Lipinski definition) is 6. The van der Waals surface area contributed by atoms with Gasteiger partial charge in [0.25, 0.3) is 5.91 Å². The van der Waals surface area contributed by atoms with Crippen molar-refractivity contribution in [2.45, 2.75) is 20.8 Å². The average Bonchev–Trinajstić information content (AvgIpc) is 2.93. The lowest BCUT2D eigenvalue weighted by Gasteiger charge is -2.16. The summed E-state index contributed by atoms with van der Waals surface area (Å²) in [5.41, 5.74) is 2.44. The Morgan fingerprint density at radius 3 is 2.59 bits per heavy atom. The second-order valence-corrected chi connectivity index (χ2v) is 6.59. The molecular formula is C19H25N3O5. The highest BCUT2D eigenvalue weighted by Gasteiger charge is 2.34. The molecule has 3 N–H and O–H groups in total. The third-order valence-corrected chi connectivity index (χ3v) is 4.23. The number of β-amino-alcohol motifs (C(OH)–C–C–N with tert-alkyl or cyclic N) is 1. The minimum Gasteiger partial charge on any atom is -0.466 e. The van der Waals surface area contributed by atoms with Crippen molar-refractivity contribution in [3.05, 3.63) is 35.0 Å². The fourth-order valence-corrected chi connectivity index (χ4v) is 2.65. The van der Waals surface area contributed by atoms with E-state index in [9.17, 15) is 14.4 Å². The summed E-state index contributed by atoms with van der Waals surface area (Å²) in [6.45, 7) is 5.47. The third kappa shape index (κ3) is 4.65. The SMILES string of the molecule is COC(=O)C1=C(Nc2ccc(NC(=O)C(C)C)c(C)c2)C(=O)N(CCO)C1. The highest BCUT2D eigenvalue weighted by Crippen LogP contribution is 2.25. The predicted molar refractivity (Wildman–Crippen MR) is 101 cm³/mol. The minimum atomic E-state index is -0.594. The second-order valence-electron chi connectivity index (χ2n) is 6.59. The molecule has 146 valence electrons. The first kappa shape index (κ1) is 20.4. The van der Waals surface area contributed by atoms with E-state index >= 15 is 0 Å². The van der Waals surface area contributed by atoms with Crippen LogP contribution < -0.4 is 10.6 Å². The molecule has 2 amide bonds. The van der Waals surface area contributed by atoms with Crippen LogP contribution in [-0.4, -0.2) is 54.6 Å². The number of aliphatic hydroxyl groups excluding tert-OH is 1. The summed E-state index contributed by atoms with van der Waals surface area (Å²) < 4.78 is 4.76. The van der Waals surface area contributed by atoms with E-state index in [2.05, 4.69) is 10.6 Å². The zero-order valence-corrected chi connectivity index (χ0v) is 16.0. The number of nitrogens with one attached hydrogen (secondary N) is 2. The number of aliphatic hydroxyl groups is 1. The zero-order valence-electron chi connectivity index (χ0n) is 16.0. The van der Waals surface area contributed by atoms with Gasteiger partial charge < -0.3 is 25.4 Å². The smallest absolute Gasteiger partial charge is 0.337 e. The predicted octanol–water partition coefficient (Wildman–Crippen LogP) is 1.26.